The molecule has 1 saturated carbocycles. The van der Waals surface area contributed by atoms with Gasteiger partial charge in [0.2, 0.25) is 5.91 Å². The number of aromatic nitrogens is 3. The summed E-state index contributed by atoms with van der Waals surface area (Å²) in [7, 11) is 1.63. The third-order valence-electron chi connectivity index (χ3n) is 7.41. The molecule has 8 nitrogen and oxygen atoms in total. The van der Waals surface area contributed by atoms with Crippen LogP contribution in [0.5, 0.6) is 5.75 Å². The lowest BCUT2D eigenvalue weighted by atomic mass is 9.98. The highest BCUT2D eigenvalue weighted by molar-refractivity contribution is 5.96. The zero-order chi connectivity index (χ0) is 27.8. The molecular weight excluding hydrogens is 511 g/mol. The number of hydrogen-bond donors (Lipinski definition) is 0. The third kappa shape index (κ3) is 5.06. The van der Waals surface area contributed by atoms with Crippen LogP contribution in [-0.4, -0.2) is 33.8 Å². The fraction of sp³-hybridized carbons (Fsp3) is 0.290. The first kappa shape index (κ1) is 25.7. The monoisotopic (exact) mass is 540 g/mol. The lowest BCUT2D eigenvalue weighted by Crippen LogP contribution is -2.35. The van der Waals surface area contributed by atoms with Gasteiger partial charge in [0.25, 0.3) is 5.56 Å². The Morgan fingerprint density at radius 3 is 2.70 bits per heavy atom. The van der Waals surface area contributed by atoms with E-state index in [4.69, 9.17) is 9.15 Å². The van der Waals surface area contributed by atoms with Crippen LogP contribution in [0.4, 0.5) is 10.1 Å². The van der Waals surface area contributed by atoms with Crippen molar-refractivity contribution in [3.8, 4) is 17.0 Å². The molecule has 6 rings (SSSR count). The molecule has 0 atom stereocenters. The van der Waals surface area contributed by atoms with Crippen LogP contribution in [-0.2, 0) is 11.3 Å². The molecule has 0 bridgehead atoms. The number of carbonyl (C=O) groups is 1. The van der Waals surface area contributed by atoms with Crippen molar-refractivity contribution in [2.24, 2.45) is 0 Å². The van der Waals surface area contributed by atoms with Crippen molar-refractivity contribution in [1.82, 2.24) is 14.8 Å². The van der Waals surface area contributed by atoms with Crippen LogP contribution < -0.4 is 15.2 Å². The van der Waals surface area contributed by atoms with E-state index < -0.39 is 11.4 Å². The summed E-state index contributed by atoms with van der Waals surface area (Å²) in [6, 6.07) is 16.6. The zero-order valence-electron chi connectivity index (χ0n) is 22.4. The highest BCUT2D eigenvalue weighted by Crippen LogP contribution is 2.30. The van der Waals surface area contributed by atoms with Gasteiger partial charge in [-0.25, -0.2) is 14.1 Å². The summed E-state index contributed by atoms with van der Waals surface area (Å²) in [5.41, 5.74) is 2.34. The summed E-state index contributed by atoms with van der Waals surface area (Å²) < 4.78 is 27.2. The van der Waals surface area contributed by atoms with E-state index in [0.717, 1.165) is 30.4 Å². The molecule has 0 radical (unpaired) electrons. The molecule has 0 unspecified atom stereocenters. The second-order valence-electron chi connectivity index (χ2n) is 10.2. The van der Waals surface area contributed by atoms with Crippen LogP contribution in [0.25, 0.3) is 33.1 Å². The molecule has 1 aliphatic rings. The summed E-state index contributed by atoms with van der Waals surface area (Å²) in [5, 5.41) is 5.47. The van der Waals surface area contributed by atoms with Gasteiger partial charge in [0, 0.05) is 36.7 Å². The van der Waals surface area contributed by atoms with E-state index in [1.807, 2.05) is 6.07 Å². The van der Waals surface area contributed by atoms with Crippen LogP contribution in [0, 0.1) is 12.7 Å². The Bertz CT molecular complexity index is 1790. The summed E-state index contributed by atoms with van der Waals surface area (Å²) in [6.45, 7) is 1.45. The van der Waals surface area contributed by atoms with Crippen molar-refractivity contribution < 1.29 is 18.3 Å². The number of nitrogens with zero attached hydrogens (tertiary/aromatic N) is 4. The Kier molecular flexibility index (Phi) is 6.79. The largest absolute Gasteiger partial charge is 0.490 e. The number of anilines is 1. The molecule has 0 saturated heterocycles. The Hall–Kier alpha value is -4.53. The molecule has 0 aliphatic heterocycles. The first-order valence-electron chi connectivity index (χ1n) is 13.5. The highest BCUT2D eigenvalue weighted by atomic mass is 19.1. The lowest BCUT2D eigenvalue weighted by Gasteiger charge is -2.23. The highest BCUT2D eigenvalue weighted by Gasteiger charge is 2.20. The van der Waals surface area contributed by atoms with E-state index >= 15 is 0 Å². The Morgan fingerprint density at radius 1 is 1.07 bits per heavy atom. The molecule has 3 aromatic carbocycles. The van der Waals surface area contributed by atoms with Gasteiger partial charge in [0.15, 0.2) is 11.5 Å². The number of oxazole rings is 1. The average molecular weight is 541 g/mol. The van der Waals surface area contributed by atoms with Gasteiger partial charge in [-0.15, -0.1) is 0 Å². The van der Waals surface area contributed by atoms with E-state index in [2.05, 4.69) is 10.1 Å². The first-order chi connectivity index (χ1) is 19.4. The zero-order valence-corrected chi connectivity index (χ0v) is 22.4. The molecule has 0 N–H and O–H groups in total. The minimum atomic E-state index is -0.424. The van der Waals surface area contributed by atoms with Crippen molar-refractivity contribution in [3.05, 3.63) is 82.7 Å². The van der Waals surface area contributed by atoms with Gasteiger partial charge in [-0.05, 0) is 68.1 Å². The number of hydrogen-bond acceptors (Lipinski definition) is 6. The molecule has 0 spiro atoms. The fourth-order valence-electron chi connectivity index (χ4n) is 5.29. The Balaban J connectivity index is 1.38. The van der Waals surface area contributed by atoms with Crippen LogP contribution in [0.2, 0.25) is 0 Å². The fourth-order valence-corrected chi connectivity index (χ4v) is 5.29. The van der Waals surface area contributed by atoms with E-state index in [0.29, 0.717) is 50.5 Å². The smallest absolute Gasteiger partial charge is 0.275 e. The maximum absolute atomic E-state index is 14.2. The number of carbonyl (C=O) groups excluding carboxylic acids is 1. The first-order valence-corrected chi connectivity index (χ1v) is 13.5. The number of benzene rings is 3. The maximum Gasteiger partial charge on any atom is 0.275 e. The van der Waals surface area contributed by atoms with E-state index in [1.54, 1.807) is 56.4 Å². The summed E-state index contributed by atoms with van der Waals surface area (Å²) in [6.07, 6.45) is 5.52. The van der Waals surface area contributed by atoms with Crippen molar-refractivity contribution in [3.63, 3.8) is 0 Å². The molecule has 9 heteroatoms. The second kappa shape index (κ2) is 10.6. The van der Waals surface area contributed by atoms with Crippen LogP contribution in [0.3, 0.4) is 0 Å². The minimum absolute atomic E-state index is 0.110. The quantitative estimate of drug-likeness (QED) is 0.261. The molecule has 1 fully saturated rings. The van der Waals surface area contributed by atoms with E-state index in [1.165, 1.54) is 23.5 Å². The number of rotatable bonds is 6. The number of likely N-dealkylation sites (N-methyl/N-ethyl adjacent to an activating group) is 1. The van der Waals surface area contributed by atoms with Crippen LogP contribution in [0.1, 0.15) is 38.0 Å². The number of halogens is 1. The van der Waals surface area contributed by atoms with Gasteiger partial charge in [-0.3, -0.25) is 9.59 Å². The lowest BCUT2D eigenvalue weighted by molar-refractivity contribution is -0.119. The summed E-state index contributed by atoms with van der Waals surface area (Å²) in [4.78, 5) is 32.8. The molecule has 2 heterocycles. The molecule has 5 aromatic rings. The van der Waals surface area contributed by atoms with Crippen molar-refractivity contribution in [2.45, 2.75) is 51.7 Å². The predicted octanol–water partition coefficient (Wildman–Crippen LogP) is 6.03. The van der Waals surface area contributed by atoms with Crippen LogP contribution >= 0.6 is 0 Å². The van der Waals surface area contributed by atoms with Gasteiger partial charge in [0.05, 0.1) is 17.2 Å². The molecule has 1 aliphatic carbocycles. The summed E-state index contributed by atoms with van der Waals surface area (Å²) in [5.74, 6) is 0.351. The Morgan fingerprint density at radius 2 is 1.90 bits per heavy atom. The standard InChI is InChI=1S/C31H29FN4O4/c1-19-33-27-14-11-22(16-28(27)39-19)35(2)29(37)18-36-31(38)26-17-24(40-23-9-4-3-5-10-23)12-13-25(26)30(34-36)20-7-6-8-21(32)15-20/h6-8,11-17,23H,3-5,9-10,18H2,1-2H3. The van der Waals surface area contributed by atoms with E-state index in [-0.39, 0.29) is 18.6 Å². The molecular formula is C31H29FN4O4. The van der Waals surface area contributed by atoms with Gasteiger partial charge < -0.3 is 14.1 Å². The molecule has 40 heavy (non-hydrogen) atoms. The normalized spacial score (nSPS) is 14.1. The van der Waals surface area contributed by atoms with Gasteiger partial charge >= 0.3 is 0 Å². The van der Waals surface area contributed by atoms with Crippen molar-refractivity contribution in [2.75, 3.05) is 11.9 Å². The SMILES string of the molecule is Cc1nc2ccc(N(C)C(=O)Cn3nc(-c4cccc(F)c4)c4ccc(OC5CCCCC5)cc4c3=O)cc2o1. The van der Waals surface area contributed by atoms with E-state index in [9.17, 15) is 14.0 Å². The average Bonchev–Trinajstić information content (AvgIpc) is 3.34. The topological polar surface area (TPSA) is 90.5 Å². The van der Waals surface area contributed by atoms with Gasteiger partial charge in [-0.1, -0.05) is 18.6 Å². The van der Waals surface area contributed by atoms with Crippen LogP contribution in [0.15, 0.2) is 69.9 Å². The number of fused-ring (bicyclic) bond motifs is 2. The maximum atomic E-state index is 14.2. The summed E-state index contributed by atoms with van der Waals surface area (Å²) >= 11 is 0. The Labute approximate surface area is 230 Å². The molecule has 1 amide bonds. The minimum Gasteiger partial charge on any atom is -0.490 e. The number of amides is 1. The van der Waals surface area contributed by atoms with Gasteiger partial charge in [0.1, 0.15) is 23.6 Å². The molecule has 204 valence electrons. The number of aryl methyl sites for hydroxylation is 1. The predicted molar refractivity (Wildman–Crippen MR) is 151 cm³/mol. The second-order valence-corrected chi connectivity index (χ2v) is 10.2. The third-order valence-corrected chi connectivity index (χ3v) is 7.41. The van der Waals surface area contributed by atoms with Crippen molar-refractivity contribution in [1.29, 1.82) is 0 Å². The van der Waals surface area contributed by atoms with Gasteiger partial charge in [-0.2, -0.15) is 5.10 Å². The van der Waals surface area contributed by atoms with Crippen molar-refractivity contribution >= 4 is 33.5 Å². The number of ether oxygens (including phenoxy) is 1. The molecule has 2 aromatic heterocycles.